The van der Waals surface area contributed by atoms with Gasteiger partial charge in [-0.15, -0.1) is 0 Å². The number of rotatable bonds is 4. The van der Waals surface area contributed by atoms with Crippen molar-refractivity contribution in [1.82, 2.24) is 5.32 Å². The maximum Gasteiger partial charge on any atom is 0.128 e. The molecule has 17 heavy (non-hydrogen) atoms. The Hall–Kier alpha value is -1.26. The molecule has 0 bridgehead atoms. The number of benzene rings is 1. The van der Waals surface area contributed by atoms with Crippen LogP contribution < -0.4 is 14.8 Å². The molecule has 1 aromatic carbocycles. The zero-order chi connectivity index (χ0) is 12.3. The number of aliphatic hydroxyl groups is 1. The van der Waals surface area contributed by atoms with Crippen LogP contribution in [0.5, 0.6) is 11.5 Å². The van der Waals surface area contributed by atoms with Crippen molar-refractivity contribution < 1.29 is 14.6 Å². The highest BCUT2D eigenvalue weighted by Gasteiger charge is 2.28. The van der Waals surface area contributed by atoms with Crippen LogP contribution in [0.3, 0.4) is 0 Å². The molecule has 0 saturated carbocycles. The Morgan fingerprint density at radius 1 is 1.29 bits per heavy atom. The number of methoxy groups -OCH3 is 2. The third-order valence-electron chi connectivity index (χ3n) is 3.24. The van der Waals surface area contributed by atoms with Crippen molar-refractivity contribution in [3.05, 3.63) is 23.8 Å². The van der Waals surface area contributed by atoms with Gasteiger partial charge in [0.25, 0.3) is 0 Å². The van der Waals surface area contributed by atoms with Crippen molar-refractivity contribution in [1.29, 1.82) is 0 Å². The van der Waals surface area contributed by atoms with Gasteiger partial charge in [-0.3, -0.25) is 0 Å². The van der Waals surface area contributed by atoms with Crippen LogP contribution in [0.15, 0.2) is 18.2 Å². The number of hydrogen-bond acceptors (Lipinski definition) is 4. The van der Waals surface area contributed by atoms with E-state index in [4.69, 9.17) is 9.47 Å². The van der Waals surface area contributed by atoms with Gasteiger partial charge in [0.2, 0.25) is 0 Å². The van der Waals surface area contributed by atoms with Crippen molar-refractivity contribution in [2.24, 2.45) is 0 Å². The molecule has 0 spiro atoms. The Labute approximate surface area is 102 Å². The molecule has 0 aromatic heterocycles. The summed E-state index contributed by atoms with van der Waals surface area (Å²) in [6, 6.07) is 5.63. The maximum atomic E-state index is 10.4. The SMILES string of the molecule is COc1cccc(OC)c1C(O)C1CCCN1. The molecule has 2 atom stereocenters. The highest BCUT2D eigenvalue weighted by molar-refractivity contribution is 5.47. The fourth-order valence-electron chi connectivity index (χ4n) is 2.35. The van der Waals surface area contributed by atoms with Crippen LogP contribution in [0.4, 0.5) is 0 Å². The van der Waals surface area contributed by atoms with Gasteiger partial charge in [-0.05, 0) is 31.5 Å². The third-order valence-corrected chi connectivity index (χ3v) is 3.24. The minimum absolute atomic E-state index is 0.0835. The molecular weight excluding hydrogens is 218 g/mol. The molecule has 1 aromatic rings. The number of nitrogens with one attached hydrogen (secondary N) is 1. The van der Waals surface area contributed by atoms with E-state index in [1.807, 2.05) is 18.2 Å². The molecule has 94 valence electrons. The summed E-state index contributed by atoms with van der Waals surface area (Å²) in [4.78, 5) is 0. The molecule has 2 unspecified atom stereocenters. The largest absolute Gasteiger partial charge is 0.496 e. The molecule has 1 aliphatic rings. The van der Waals surface area contributed by atoms with Crippen LogP contribution in [0.1, 0.15) is 24.5 Å². The lowest BCUT2D eigenvalue weighted by Crippen LogP contribution is -2.29. The average molecular weight is 237 g/mol. The predicted molar refractivity (Wildman–Crippen MR) is 65.5 cm³/mol. The molecule has 0 radical (unpaired) electrons. The molecule has 1 fully saturated rings. The average Bonchev–Trinajstić information content (AvgIpc) is 2.90. The number of ether oxygens (including phenoxy) is 2. The summed E-state index contributed by atoms with van der Waals surface area (Å²) in [7, 11) is 3.21. The van der Waals surface area contributed by atoms with Crippen LogP contribution >= 0.6 is 0 Å². The minimum Gasteiger partial charge on any atom is -0.496 e. The van der Waals surface area contributed by atoms with Gasteiger partial charge >= 0.3 is 0 Å². The lowest BCUT2D eigenvalue weighted by molar-refractivity contribution is 0.130. The second-order valence-electron chi connectivity index (χ2n) is 4.22. The molecule has 1 aliphatic heterocycles. The van der Waals surface area contributed by atoms with Gasteiger partial charge in [-0.2, -0.15) is 0 Å². The van der Waals surface area contributed by atoms with Crippen LogP contribution in [-0.2, 0) is 0 Å². The first kappa shape index (κ1) is 12.2. The van der Waals surface area contributed by atoms with Crippen molar-refractivity contribution in [3.8, 4) is 11.5 Å². The van der Waals surface area contributed by atoms with Gasteiger partial charge in [0.1, 0.15) is 17.6 Å². The Balaban J connectivity index is 2.33. The molecule has 0 amide bonds. The highest BCUT2D eigenvalue weighted by atomic mass is 16.5. The van der Waals surface area contributed by atoms with E-state index in [0.717, 1.165) is 24.9 Å². The second-order valence-corrected chi connectivity index (χ2v) is 4.22. The van der Waals surface area contributed by atoms with Crippen LogP contribution in [0.25, 0.3) is 0 Å². The first-order valence-corrected chi connectivity index (χ1v) is 5.90. The lowest BCUT2D eigenvalue weighted by Gasteiger charge is -2.22. The monoisotopic (exact) mass is 237 g/mol. The van der Waals surface area contributed by atoms with Crippen LogP contribution in [0.2, 0.25) is 0 Å². The lowest BCUT2D eigenvalue weighted by atomic mass is 9.99. The van der Waals surface area contributed by atoms with Crippen molar-refractivity contribution >= 4 is 0 Å². The summed E-state index contributed by atoms with van der Waals surface area (Å²) < 4.78 is 10.6. The molecule has 2 N–H and O–H groups in total. The third kappa shape index (κ3) is 2.37. The predicted octanol–water partition coefficient (Wildman–Crippen LogP) is 1.49. The molecule has 4 nitrogen and oxygen atoms in total. The Kier molecular flexibility index (Phi) is 3.86. The topological polar surface area (TPSA) is 50.7 Å². The summed E-state index contributed by atoms with van der Waals surface area (Å²) in [6.07, 6.45) is 1.48. The molecular formula is C13H19NO3. The molecule has 2 rings (SSSR count). The smallest absolute Gasteiger partial charge is 0.128 e. The Morgan fingerprint density at radius 2 is 1.94 bits per heavy atom. The molecule has 1 saturated heterocycles. The van der Waals surface area contributed by atoms with Gasteiger partial charge in [0.05, 0.1) is 19.8 Å². The highest BCUT2D eigenvalue weighted by Crippen LogP contribution is 2.37. The number of hydrogen-bond donors (Lipinski definition) is 2. The standard InChI is InChI=1S/C13H19NO3/c1-16-10-6-3-7-11(17-2)12(10)13(15)9-5-4-8-14-9/h3,6-7,9,13-15H,4-5,8H2,1-2H3. The van der Waals surface area contributed by atoms with Crippen LogP contribution in [0, 0.1) is 0 Å². The van der Waals surface area contributed by atoms with Gasteiger partial charge in [0, 0.05) is 6.04 Å². The van der Waals surface area contributed by atoms with Gasteiger partial charge < -0.3 is 19.9 Å². The van der Waals surface area contributed by atoms with E-state index >= 15 is 0 Å². The molecule has 4 heteroatoms. The van der Waals surface area contributed by atoms with Gasteiger partial charge in [-0.1, -0.05) is 6.07 Å². The Bertz CT molecular complexity index is 353. The zero-order valence-corrected chi connectivity index (χ0v) is 10.3. The van der Waals surface area contributed by atoms with E-state index in [9.17, 15) is 5.11 Å². The van der Waals surface area contributed by atoms with Crippen molar-refractivity contribution in [2.45, 2.75) is 25.0 Å². The Morgan fingerprint density at radius 3 is 2.41 bits per heavy atom. The fraction of sp³-hybridized carbons (Fsp3) is 0.538. The normalized spacial score (nSPS) is 21.2. The van der Waals surface area contributed by atoms with Crippen molar-refractivity contribution in [3.63, 3.8) is 0 Å². The van der Waals surface area contributed by atoms with Gasteiger partial charge in [0.15, 0.2) is 0 Å². The summed E-state index contributed by atoms with van der Waals surface area (Å²) in [5.74, 6) is 1.34. The summed E-state index contributed by atoms with van der Waals surface area (Å²) in [5, 5.41) is 13.7. The fourth-order valence-corrected chi connectivity index (χ4v) is 2.35. The first-order valence-electron chi connectivity index (χ1n) is 5.90. The maximum absolute atomic E-state index is 10.4. The van der Waals surface area contributed by atoms with E-state index in [2.05, 4.69) is 5.32 Å². The second kappa shape index (κ2) is 5.38. The molecule has 1 heterocycles. The number of aliphatic hydroxyl groups excluding tert-OH is 1. The summed E-state index contributed by atoms with van der Waals surface area (Å²) in [6.45, 7) is 0.958. The van der Waals surface area contributed by atoms with E-state index in [0.29, 0.717) is 11.5 Å². The van der Waals surface area contributed by atoms with Gasteiger partial charge in [-0.25, -0.2) is 0 Å². The summed E-state index contributed by atoms with van der Waals surface area (Å²) in [5.41, 5.74) is 0.733. The van der Waals surface area contributed by atoms with E-state index < -0.39 is 6.10 Å². The summed E-state index contributed by atoms with van der Waals surface area (Å²) >= 11 is 0. The minimum atomic E-state index is -0.594. The first-order chi connectivity index (χ1) is 8.27. The quantitative estimate of drug-likeness (QED) is 0.833. The van der Waals surface area contributed by atoms with E-state index in [-0.39, 0.29) is 6.04 Å². The van der Waals surface area contributed by atoms with E-state index in [1.54, 1.807) is 14.2 Å². The zero-order valence-electron chi connectivity index (χ0n) is 10.3. The van der Waals surface area contributed by atoms with E-state index in [1.165, 1.54) is 0 Å². The van der Waals surface area contributed by atoms with Crippen molar-refractivity contribution in [2.75, 3.05) is 20.8 Å². The van der Waals surface area contributed by atoms with Crippen LogP contribution in [-0.4, -0.2) is 31.9 Å². The molecule has 0 aliphatic carbocycles.